The average molecular weight is 369 g/mol. The van der Waals surface area contributed by atoms with E-state index in [1.807, 2.05) is 30.0 Å². The number of anilines is 1. The van der Waals surface area contributed by atoms with E-state index in [4.69, 9.17) is 4.74 Å². The Kier molecular flexibility index (Phi) is 4.44. The molecule has 0 radical (unpaired) electrons. The summed E-state index contributed by atoms with van der Waals surface area (Å²) in [5.41, 5.74) is 1.88. The van der Waals surface area contributed by atoms with Crippen molar-refractivity contribution in [1.82, 2.24) is 9.88 Å². The summed E-state index contributed by atoms with van der Waals surface area (Å²) in [4.78, 5) is 20.1. The number of ether oxygens (including phenoxy) is 1. The summed E-state index contributed by atoms with van der Waals surface area (Å²) >= 11 is 1.54. The molecule has 0 aliphatic carbocycles. The van der Waals surface area contributed by atoms with Gasteiger partial charge in [-0.3, -0.25) is 5.32 Å². The molecular formula is C20H23N3O2S. The molecule has 0 saturated carbocycles. The maximum Gasteiger partial charge on any atom is 0.323 e. The van der Waals surface area contributed by atoms with Crippen molar-refractivity contribution in [2.75, 3.05) is 18.4 Å². The summed E-state index contributed by atoms with van der Waals surface area (Å²) < 4.78 is 6.28. The number of carbonyl (C=O) groups is 1. The lowest BCUT2D eigenvalue weighted by atomic mass is 9.88. The molecule has 0 bridgehead atoms. The molecule has 4 rings (SSSR count). The third kappa shape index (κ3) is 3.21. The number of nitrogens with zero attached hydrogens (tertiary/aromatic N) is 2. The summed E-state index contributed by atoms with van der Waals surface area (Å²) in [5, 5.41) is 3.64. The summed E-state index contributed by atoms with van der Waals surface area (Å²) in [6.07, 6.45) is 6.77. The van der Waals surface area contributed by atoms with Crippen molar-refractivity contribution in [3.63, 3.8) is 0 Å². The number of amides is 2. The molecule has 2 aromatic rings. The quantitative estimate of drug-likeness (QED) is 0.849. The second-order valence-electron chi connectivity index (χ2n) is 6.83. The first-order valence-corrected chi connectivity index (χ1v) is 9.90. The molecule has 3 heterocycles. The molecule has 0 unspecified atom stereocenters. The van der Waals surface area contributed by atoms with Gasteiger partial charge in [-0.15, -0.1) is 11.3 Å². The number of thiazole rings is 1. The Morgan fingerprint density at radius 2 is 2.12 bits per heavy atom. The Labute approximate surface area is 157 Å². The minimum atomic E-state index is -0.293. The molecule has 6 heteroatoms. The normalized spacial score (nSPS) is 17.7. The number of aryl methyl sites for hydroxylation is 2. The highest BCUT2D eigenvalue weighted by Gasteiger charge is 2.38. The van der Waals surface area contributed by atoms with Crippen LogP contribution in [0.3, 0.4) is 0 Å². The third-order valence-corrected chi connectivity index (χ3v) is 6.07. The first-order valence-electron chi connectivity index (χ1n) is 9.08. The predicted octanol–water partition coefficient (Wildman–Crippen LogP) is 4.49. The predicted molar refractivity (Wildman–Crippen MR) is 105 cm³/mol. The van der Waals surface area contributed by atoms with Crippen LogP contribution < -0.4 is 10.1 Å². The lowest BCUT2D eigenvalue weighted by molar-refractivity contribution is 0.0519. The van der Waals surface area contributed by atoms with Crippen LogP contribution in [0.1, 0.15) is 35.9 Å². The van der Waals surface area contributed by atoms with Gasteiger partial charge < -0.3 is 9.64 Å². The average Bonchev–Trinajstić information content (AvgIpc) is 3.01. The van der Waals surface area contributed by atoms with E-state index in [0.717, 1.165) is 36.3 Å². The van der Waals surface area contributed by atoms with E-state index in [1.54, 1.807) is 0 Å². The van der Waals surface area contributed by atoms with E-state index in [9.17, 15) is 4.79 Å². The van der Waals surface area contributed by atoms with Gasteiger partial charge in [0.2, 0.25) is 0 Å². The third-order valence-electron chi connectivity index (χ3n) is 5.14. The molecule has 1 N–H and O–H groups in total. The molecular weight excluding hydrogens is 346 g/mol. The monoisotopic (exact) mass is 369 g/mol. The largest absolute Gasteiger partial charge is 0.482 e. The minimum Gasteiger partial charge on any atom is -0.482 e. The second-order valence-corrected chi connectivity index (χ2v) is 8.03. The number of nitrogens with one attached hydrogen (secondary N) is 1. The molecule has 5 nitrogen and oxygen atoms in total. The fraction of sp³-hybridized carbons (Fsp3) is 0.400. The van der Waals surface area contributed by atoms with Gasteiger partial charge in [0.15, 0.2) is 5.13 Å². The number of likely N-dealkylation sites (tertiary alicyclic amines) is 1. The molecule has 1 saturated heterocycles. The number of rotatable bonds is 2. The number of hydrogen-bond acceptors (Lipinski definition) is 4. The van der Waals surface area contributed by atoms with Gasteiger partial charge in [0, 0.05) is 36.4 Å². The van der Waals surface area contributed by atoms with Crippen molar-refractivity contribution < 1.29 is 9.53 Å². The van der Waals surface area contributed by atoms with Crippen LogP contribution in [0.2, 0.25) is 0 Å². The van der Waals surface area contributed by atoms with Crippen LogP contribution in [-0.2, 0) is 6.42 Å². The number of fused-ring (bicyclic) bond motifs is 1. The lowest BCUT2D eigenvalue weighted by Gasteiger charge is -2.41. The molecule has 1 aromatic heterocycles. The molecule has 1 spiro atoms. The van der Waals surface area contributed by atoms with E-state index in [2.05, 4.69) is 35.4 Å². The Bertz CT molecular complexity index is 850. The maximum absolute atomic E-state index is 12.6. The summed E-state index contributed by atoms with van der Waals surface area (Å²) in [6, 6.07) is 8.00. The van der Waals surface area contributed by atoms with Crippen LogP contribution >= 0.6 is 11.3 Å². The summed E-state index contributed by atoms with van der Waals surface area (Å²) in [7, 11) is 0. The number of carbonyl (C=O) groups excluding carboxylic acids is 1. The number of piperidine rings is 1. The second kappa shape index (κ2) is 6.76. The molecule has 26 heavy (non-hydrogen) atoms. The van der Waals surface area contributed by atoms with E-state index in [1.165, 1.54) is 16.2 Å². The zero-order valence-electron chi connectivity index (χ0n) is 15.1. The van der Waals surface area contributed by atoms with Crippen molar-refractivity contribution in [3.8, 4) is 5.75 Å². The van der Waals surface area contributed by atoms with Crippen molar-refractivity contribution in [3.05, 3.63) is 46.5 Å². The molecule has 136 valence electrons. The Morgan fingerprint density at radius 3 is 2.85 bits per heavy atom. The van der Waals surface area contributed by atoms with E-state index in [0.29, 0.717) is 18.2 Å². The highest BCUT2D eigenvalue weighted by Crippen LogP contribution is 2.37. The Morgan fingerprint density at radius 1 is 1.35 bits per heavy atom. The topological polar surface area (TPSA) is 54.5 Å². The highest BCUT2D eigenvalue weighted by molar-refractivity contribution is 7.15. The SMILES string of the molecule is CCc1nc(NC(=O)N2CCC3(C=Cc4ccccc4O3)CC2)sc1C. The van der Waals surface area contributed by atoms with Gasteiger partial charge in [-0.05, 0) is 25.5 Å². The smallest absolute Gasteiger partial charge is 0.323 e. The van der Waals surface area contributed by atoms with Crippen molar-refractivity contribution >= 4 is 28.6 Å². The number of urea groups is 1. The zero-order chi connectivity index (χ0) is 18.1. The van der Waals surface area contributed by atoms with Crippen LogP contribution in [0.5, 0.6) is 5.75 Å². The molecule has 0 atom stereocenters. The van der Waals surface area contributed by atoms with Crippen LogP contribution in [0, 0.1) is 6.92 Å². The van der Waals surface area contributed by atoms with Gasteiger partial charge in [0.1, 0.15) is 11.4 Å². The molecule has 2 aliphatic heterocycles. The van der Waals surface area contributed by atoms with Gasteiger partial charge in [0.05, 0.1) is 5.69 Å². The molecule has 1 aromatic carbocycles. The van der Waals surface area contributed by atoms with Crippen molar-refractivity contribution in [2.24, 2.45) is 0 Å². The fourth-order valence-electron chi connectivity index (χ4n) is 3.54. The minimum absolute atomic E-state index is 0.0727. The fourth-order valence-corrected chi connectivity index (χ4v) is 4.43. The number of aromatic nitrogens is 1. The lowest BCUT2D eigenvalue weighted by Crippen LogP contribution is -2.50. The summed E-state index contributed by atoms with van der Waals surface area (Å²) in [6.45, 7) is 5.46. The van der Waals surface area contributed by atoms with Gasteiger partial charge in [-0.1, -0.05) is 31.2 Å². The summed E-state index contributed by atoms with van der Waals surface area (Å²) in [5.74, 6) is 0.929. The van der Waals surface area contributed by atoms with E-state index < -0.39 is 0 Å². The Balaban J connectivity index is 1.38. The number of benzene rings is 1. The first-order chi connectivity index (χ1) is 12.6. The van der Waals surface area contributed by atoms with Crippen molar-refractivity contribution in [2.45, 2.75) is 38.7 Å². The van der Waals surface area contributed by atoms with Gasteiger partial charge in [-0.2, -0.15) is 0 Å². The highest BCUT2D eigenvalue weighted by atomic mass is 32.1. The number of para-hydroxylation sites is 1. The van der Waals surface area contributed by atoms with Crippen LogP contribution in [0.4, 0.5) is 9.93 Å². The zero-order valence-corrected chi connectivity index (χ0v) is 15.9. The molecule has 2 aliphatic rings. The van der Waals surface area contributed by atoms with E-state index in [-0.39, 0.29) is 11.6 Å². The van der Waals surface area contributed by atoms with Gasteiger partial charge >= 0.3 is 6.03 Å². The van der Waals surface area contributed by atoms with Gasteiger partial charge in [0.25, 0.3) is 0 Å². The molecule has 1 fully saturated rings. The number of hydrogen-bond donors (Lipinski definition) is 1. The van der Waals surface area contributed by atoms with Gasteiger partial charge in [-0.25, -0.2) is 9.78 Å². The van der Waals surface area contributed by atoms with Crippen LogP contribution in [0.15, 0.2) is 30.3 Å². The standard InChI is InChI=1S/C20H23N3O2S/c1-3-16-14(2)26-18(21-16)22-19(24)23-12-10-20(11-13-23)9-8-15-6-4-5-7-17(15)25-20/h4-9H,3,10-13H2,1-2H3,(H,21,22,24). The molecule has 2 amide bonds. The van der Waals surface area contributed by atoms with E-state index >= 15 is 0 Å². The van der Waals surface area contributed by atoms with Crippen LogP contribution in [-0.4, -0.2) is 34.6 Å². The first kappa shape index (κ1) is 17.1. The Hall–Kier alpha value is -2.34. The van der Waals surface area contributed by atoms with Crippen LogP contribution in [0.25, 0.3) is 6.08 Å². The maximum atomic E-state index is 12.6. The van der Waals surface area contributed by atoms with Crippen molar-refractivity contribution in [1.29, 1.82) is 0 Å².